The number of hydrogen-bond donors (Lipinski definition) is 1. The second kappa shape index (κ2) is 7.28. The van der Waals surface area contributed by atoms with Gasteiger partial charge in [-0.1, -0.05) is 30.5 Å². The van der Waals surface area contributed by atoms with Crippen molar-refractivity contribution >= 4 is 5.91 Å². The summed E-state index contributed by atoms with van der Waals surface area (Å²) < 4.78 is 0. The second-order valence-corrected chi connectivity index (χ2v) is 7.04. The lowest BCUT2D eigenvalue weighted by molar-refractivity contribution is -0.121. The number of carbonyl (C=O) groups is 1. The third-order valence-corrected chi connectivity index (χ3v) is 4.92. The fourth-order valence-electron chi connectivity index (χ4n) is 3.80. The van der Waals surface area contributed by atoms with Gasteiger partial charge in [-0.15, -0.1) is 0 Å². The molecule has 1 amide bonds. The second-order valence-electron chi connectivity index (χ2n) is 7.04. The summed E-state index contributed by atoms with van der Waals surface area (Å²) in [4.78, 5) is 14.8. The third-order valence-electron chi connectivity index (χ3n) is 4.92. The minimum atomic E-state index is 0.161. The predicted octanol–water partition coefficient (Wildman–Crippen LogP) is 3.14. The molecule has 1 aromatic carbocycles. The fraction of sp³-hybridized carbons (Fsp3) is 0.632. The molecule has 3 heteroatoms. The molecule has 0 aliphatic heterocycles. The summed E-state index contributed by atoms with van der Waals surface area (Å²) in [6.07, 6.45) is 5.26. The predicted molar refractivity (Wildman–Crippen MR) is 92.2 cm³/mol. The molecule has 0 bridgehead atoms. The molecule has 1 N–H and O–H groups in total. The van der Waals surface area contributed by atoms with Crippen LogP contribution in [0.25, 0.3) is 0 Å². The van der Waals surface area contributed by atoms with Gasteiger partial charge in [-0.2, -0.15) is 0 Å². The van der Waals surface area contributed by atoms with E-state index < -0.39 is 0 Å². The summed E-state index contributed by atoms with van der Waals surface area (Å²) in [6.45, 7) is 6.31. The molecule has 1 aliphatic rings. The first-order valence-electron chi connectivity index (χ1n) is 8.41. The van der Waals surface area contributed by atoms with Crippen molar-refractivity contribution in [3.8, 4) is 0 Å². The molecule has 1 fully saturated rings. The molecule has 0 aromatic heterocycles. The van der Waals surface area contributed by atoms with Gasteiger partial charge in [0.25, 0.3) is 0 Å². The van der Waals surface area contributed by atoms with Crippen LogP contribution in [0.4, 0.5) is 0 Å². The van der Waals surface area contributed by atoms with Crippen LogP contribution < -0.4 is 5.32 Å². The van der Waals surface area contributed by atoms with E-state index in [-0.39, 0.29) is 5.91 Å². The Morgan fingerprint density at radius 3 is 2.32 bits per heavy atom. The van der Waals surface area contributed by atoms with Crippen LogP contribution in [0.3, 0.4) is 0 Å². The average molecular weight is 302 g/mol. The number of benzene rings is 1. The molecule has 0 saturated heterocycles. The Hall–Kier alpha value is -1.35. The Kier molecular flexibility index (Phi) is 5.63. The summed E-state index contributed by atoms with van der Waals surface area (Å²) >= 11 is 0. The van der Waals surface area contributed by atoms with Crippen molar-refractivity contribution in [1.29, 1.82) is 0 Å². The van der Waals surface area contributed by atoms with Crippen molar-refractivity contribution in [3.63, 3.8) is 0 Å². The van der Waals surface area contributed by atoms with Crippen molar-refractivity contribution in [1.82, 2.24) is 10.2 Å². The normalized spacial score (nSPS) is 21.9. The van der Waals surface area contributed by atoms with Crippen molar-refractivity contribution in [2.45, 2.75) is 65.0 Å². The molecule has 2 unspecified atom stereocenters. The van der Waals surface area contributed by atoms with Gasteiger partial charge < -0.3 is 10.2 Å². The number of nitrogens with zero attached hydrogens (tertiary/aromatic N) is 1. The zero-order chi connectivity index (χ0) is 16.3. The van der Waals surface area contributed by atoms with Gasteiger partial charge in [-0.3, -0.25) is 4.79 Å². The smallest absolute Gasteiger partial charge is 0.224 e. The quantitative estimate of drug-likeness (QED) is 0.926. The molecule has 22 heavy (non-hydrogen) atoms. The van der Waals surface area contributed by atoms with Gasteiger partial charge >= 0.3 is 0 Å². The fourth-order valence-corrected chi connectivity index (χ4v) is 3.80. The molecule has 0 radical (unpaired) electrons. The largest absolute Gasteiger partial charge is 0.352 e. The molecule has 3 nitrogen and oxygen atoms in total. The number of amides is 1. The van der Waals surface area contributed by atoms with Crippen molar-refractivity contribution < 1.29 is 4.79 Å². The average Bonchev–Trinajstić information content (AvgIpc) is 2.43. The maximum absolute atomic E-state index is 12.5. The number of rotatable bonds is 4. The lowest BCUT2D eigenvalue weighted by atomic mass is 9.89. The molecule has 122 valence electrons. The first kappa shape index (κ1) is 17.0. The van der Waals surface area contributed by atoms with E-state index in [0.29, 0.717) is 18.5 Å². The van der Waals surface area contributed by atoms with Crippen LogP contribution in [0, 0.1) is 20.8 Å². The van der Waals surface area contributed by atoms with Gasteiger partial charge in [0, 0.05) is 12.1 Å². The van der Waals surface area contributed by atoms with Crippen LogP contribution in [0.1, 0.15) is 47.9 Å². The zero-order valence-corrected chi connectivity index (χ0v) is 14.7. The lowest BCUT2D eigenvalue weighted by Gasteiger charge is -2.36. The minimum absolute atomic E-state index is 0.161. The van der Waals surface area contributed by atoms with E-state index in [2.05, 4.69) is 57.2 Å². The Bertz CT molecular complexity index is 513. The van der Waals surface area contributed by atoms with E-state index in [4.69, 9.17) is 0 Å². The monoisotopic (exact) mass is 302 g/mol. The van der Waals surface area contributed by atoms with Crippen LogP contribution in [-0.2, 0) is 11.2 Å². The van der Waals surface area contributed by atoms with E-state index in [9.17, 15) is 4.79 Å². The summed E-state index contributed by atoms with van der Waals surface area (Å²) in [6, 6.07) is 5.10. The highest BCUT2D eigenvalue weighted by molar-refractivity contribution is 5.79. The SMILES string of the molecule is Cc1cc(C)c(CC(=O)NC2CCCCC2N(C)C)c(C)c1. The summed E-state index contributed by atoms with van der Waals surface area (Å²) in [5.74, 6) is 0.161. The summed E-state index contributed by atoms with van der Waals surface area (Å²) in [5, 5.41) is 3.29. The van der Waals surface area contributed by atoms with Gasteiger partial charge in [-0.05, 0) is 64.4 Å². The molecule has 1 saturated carbocycles. The minimum Gasteiger partial charge on any atom is -0.352 e. The van der Waals surface area contributed by atoms with E-state index in [1.807, 2.05) is 0 Å². The van der Waals surface area contributed by atoms with Crippen molar-refractivity contribution in [2.24, 2.45) is 0 Å². The molecular weight excluding hydrogens is 272 g/mol. The maximum Gasteiger partial charge on any atom is 0.224 e. The molecule has 2 rings (SSSR count). The number of hydrogen-bond acceptors (Lipinski definition) is 2. The highest BCUT2D eigenvalue weighted by Gasteiger charge is 2.28. The van der Waals surface area contributed by atoms with Gasteiger partial charge in [0.1, 0.15) is 0 Å². The molecular formula is C19H30N2O. The van der Waals surface area contributed by atoms with Crippen LogP contribution in [0.5, 0.6) is 0 Å². The molecule has 2 atom stereocenters. The Morgan fingerprint density at radius 1 is 1.14 bits per heavy atom. The van der Waals surface area contributed by atoms with E-state index >= 15 is 0 Å². The number of aryl methyl sites for hydroxylation is 3. The Balaban J connectivity index is 2.03. The summed E-state index contributed by atoms with van der Waals surface area (Å²) in [7, 11) is 4.23. The van der Waals surface area contributed by atoms with Crippen LogP contribution in [0.15, 0.2) is 12.1 Å². The third kappa shape index (κ3) is 4.10. The van der Waals surface area contributed by atoms with Crippen LogP contribution in [-0.4, -0.2) is 37.0 Å². The molecule has 1 aromatic rings. The van der Waals surface area contributed by atoms with Crippen LogP contribution >= 0.6 is 0 Å². The summed E-state index contributed by atoms with van der Waals surface area (Å²) in [5.41, 5.74) is 4.89. The van der Waals surface area contributed by atoms with Gasteiger partial charge in [-0.25, -0.2) is 0 Å². The number of likely N-dealkylation sites (N-methyl/N-ethyl adjacent to an activating group) is 1. The van der Waals surface area contributed by atoms with Gasteiger partial charge in [0.2, 0.25) is 5.91 Å². The molecule has 1 aliphatic carbocycles. The first-order valence-corrected chi connectivity index (χ1v) is 8.41. The van der Waals surface area contributed by atoms with Gasteiger partial charge in [0.15, 0.2) is 0 Å². The van der Waals surface area contributed by atoms with E-state index in [1.54, 1.807) is 0 Å². The standard InChI is InChI=1S/C19H30N2O/c1-13-10-14(2)16(15(3)11-13)12-19(22)20-17-8-6-7-9-18(17)21(4)5/h10-11,17-18H,6-9,12H2,1-5H3,(H,20,22). The first-order chi connectivity index (χ1) is 10.4. The Labute approximate surface area is 135 Å². The topological polar surface area (TPSA) is 32.3 Å². The lowest BCUT2D eigenvalue weighted by Crippen LogP contribution is -2.51. The molecule has 0 heterocycles. The number of carbonyl (C=O) groups excluding carboxylic acids is 1. The van der Waals surface area contributed by atoms with Crippen LogP contribution in [0.2, 0.25) is 0 Å². The van der Waals surface area contributed by atoms with E-state index in [0.717, 1.165) is 6.42 Å². The molecule has 0 spiro atoms. The van der Waals surface area contributed by atoms with Crippen molar-refractivity contribution in [2.75, 3.05) is 14.1 Å². The van der Waals surface area contributed by atoms with E-state index in [1.165, 1.54) is 41.5 Å². The maximum atomic E-state index is 12.5. The highest BCUT2D eigenvalue weighted by Crippen LogP contribution is 2.22. The highest BCUT2D eigenvalue weighted by atomic mass is 16.1. The van der Waals surface area contributed by atoms with Crippen molar-refractivity contribution in [3.05, 3.63) is 34.4 Å². The Morgan fingerprint density at radius 2 is 1.73 bits per heavy atom. The zero-order valence-electron chi connectivity index (χ0n) is 14.7. The van der Waals surface area contributed by atoms with Gasteiger partial charge in [0.05, 0.1) is 6.42 Å². The number of nitrogens with one attached hydrogen (secondary N) is 1.